The number of methoxy groups -OCH3 is 2. The lowest BCUT2D eigenvalue weighted by Gasteiger charge is -2.11. The van der Waals surface area contributed by atoms with Gasteiger partial charge < -0.3 is 19.6 Å². The van der Waals surface area contributed by atoms with Crippen LogP contribution in [-0.2, 0) is 9.63 Å². The van der Waals surface area contributed by atoms with Crippen molar-refractivity contribution in [2.24, 2.45) is 5.16 Å². The van der Waals surface area contributed by atoms with E-state index in [9.17, 15) is 18.0 Å². The van der Waals surface area contributed by atoms with Gasteiger partial charge in [-0.25, -0.2) is 13.2 Å². The molecule has 9 heteroatoms. The summed E-state index contributed by atoms with van der Waals surface area (Å²) in [6, 6.07) is 6.62. The maximum atomic E-state index is 13.6. The zero-order valence-corrected chi connectivity index (χ0v) is 14.8. The molecule has 0 spiro atoms. The molecule has 2 aromatic rings. The van der Waals surface area contributed by atoms with Gasteiger partial charge in [-0.15, -0.1) is 0 Å². The van der Waals surface area contributed by atoms with Gasteiger partial charge in [-0.1, -0.05) is 5.16 Å². The Morgan fingerprint density at radius 1 is 1.07 bits per heavy atom. The molecule has 0 fully saturated rings. The third kappa shape index (κ3) is 4.90. The number of ether oxygens (including phenoxy) is 2. The van der Waals surface area contributed by atoms with Gasteiger partial charge in [0.1, 0.15) is 0 Å². The molecule has 1 atom stereocenters. The summed E-state index contributed by atoms with van der Waals surface area (Å²) in [7, 11) is 2.99. The van der Waals surface area contributed by atoms with Gasteiger partial charge in [-0.2, -0.15) is 0 Å². The summed E-state index contributed by atoms with van der Waals surface area (Å²) in [5, 5.41) is 5.78. The third-order valence-corrected chi connectivity index (χ3v) is 3.49. The van der Waals surface area contributed by atoms with Crippen molar-refractivity contribution in [3.05, 3.63) is 53.3 Å². The molecule has 0 saturated heterocycles. The Kier molecular flexibility index (Phi) is 6.64. The minimum absolute atomic E-state index is 0.487. The Bertz CT molecular complexity index is 859. The second kappa shape index (κ2) is 8.93. The normalized spacial score (nSPS) is 11.9. The van der Waals surface area contributed by atoms with Crippen molar-refractivity contribution >= 4 is 17.8 Å². The van der Waals surface area contributed by atoms with E-state index in [-0.39, 0.29) is 0 Å². The van der Waals surface area contributed by atoms with Crippen LogP contribution in [0.1, 0.15) is 12.5 Å². The number of carbonyl (C=O) groups excluding carboxylic acids is 1. The van der Waals surface area contributed by atoms with E-state index in [2.05, 4.69) is 10.5 Å². The Morgan fingerprint density at radius 3 is 2.44 bits per heavy atom. The molecule has 27 heavy (non-hydrogen) atoms. The van der Waals surface area contributed by atoms with Crippen molar-refractivity contribution in [1.82, 2.24) is 0 Å². The van der Waals surface area contributed by atoms with Crippen LogP contribution in [-0.4, -0.2) is 32.4 Å². The fraction of sp³-hybridized carbons (Fsp3) is 0.222. The molecular formula is C18H17F3N2O4. The van der Waals surface area contributed by atoms with Gasteiger partial charge in [0.15, 0.2) is 29.0 Å². The fourth-order valence-corrected chi connectivity index (χ4v) is 2.02. The number of amides is 1. The smallest absolute Gasteiger partial charge is 0.268 e. The van der Waals surface area contributed by atoms with E-state index in [4.69, 9.17) is 14.3 Å². The zero-order valence-electron chi connectivity index (χ0n) is 14.8. The molecule has 0 aliphatic rings. The summed E-state index contributed by atoms with van der Waals surface area (Å²) in [5.74, 6) is -4.28. The van der Waals surface area contributed by atoms with Crippen LogP contribution in [0.2, 0.25) is 0 Å². The number of rotatable bonds is 7. The van der Waals surface area contributed by atoms with Gasteiger partial charge in [-0.05, 0) is 37.3 Å². The highest BCUT2D eigenvalue weighted by Gasteiger charge is 2.19. The van der Waals surface area contributed by atoms with E-state index in [1.54, 1.807) is 18.2 Å². The molecular weight excluding hydrogens is 365 g/mol. The summed E-state index contributed by atoms with van der Waals surface area (Å²) < 4.78 is 49.9. The highest BCUT2D eigenvalue weighted by atomic mass is 19.2. The second-order valence-electron chi connectivity index (χ2n) is 5.31. The summed E-state index contributed by atoms with van der Waals surface area (Å²) in [4.78, 5) is 17.0. The SMILES string of the molecule is COc1ccc(/C=N/OC(C)C(=O)Nc2ccc(F)c(F)c2F)cc1OC. The molecule has 0 heterocycles. The van der Waals surface area contributed by atoms with Crippen molar-refractivity contribution in [1.29, 1.82) is 0 Å². The molecule has 2 aromatic carbocycles. The highest BCUT2D eigenvalue weighted by molar-refractivity contribution is 5.94. The van der Waals surface area contributed by atoms with Crippen LogP contribution in [0.5, 0.6) is 11.5 Å². The molecule has 1 amide bonds. The zero-order chi connectivity index (χ0) is 20.0. The number of hydrogen-bond acceptors (Lipinski definition) is 5. The lowest BCUT2D eigenvalue weighted by Crippen LogP contribution is -2.27. The van der Waals surface area contributed by atoms with Crippen LogP contribution in [0.4, 0.5) is 18.9 Å². The van der Waals surface area contributed by atoms with Gasteiger partial charge >= 0.3 is 0 Å². The minimum Gasteiger partial charge on any atom is -0.493 e. The van der Waals surface area contributed by atoms with Gasteiger partial charge in [0, 0.05) is 5.56 Å². The Labute approximate surface area is 153 Å². The lowest BCUT2D eigenvalue weighted by molar-refractivity contribution is -0.126. The van der Waals surface area contributed by atoms with E-state index in [0.717, 1.165) is 6.07 Å². The molecule has 144 valence electrons. The van der Waals surface area contributed by atoms with Crippen molar-refractivity contribution in [2.45, 2.75) is 13.0 Å². The Morgan fingerprint density at radius 2 is 1.78 bits per heavy atom. The number of halogens is 3. The van der Waals surface area contributed by atoms with Crippen LogP contribution >= 0.6 is 0 Å². The number of carbonyl (C=O) groups is 1. The maximum absolute atomic E-state index is 13.6. The van der Waals surface area contributed by atoms with Crippen LogP contribution in [0, 0.1) is 17.5 Å². The molecule has 2 rings (SSSR count). The Hall–Kier alpha value is -3.23. The number of benzene rings is 2. The minimum atomic E-state index is -1.67. The van der Waals surface area contributed by atoms with Gasteiger partial charge in [0.2, 0.25) is 6.10 Å². The maximum Gasteiger partial charge on any atom is 0.268 e. The van der Waals surface area contributed by atoms with Crippen LogP contribution < -0.4 is 14.8 Å². The van der Waals surface area contributed by atoms with Crippen molar-refractivity contribution in [3.63, 3.8) is 0 Å². The first-order valence-electron chi connectivity index (χ1n) is 7.73. The van der Waals surface area contributed by atoms with E-state index in [1.807, 2.05) is 0 Å². The van der Waals surface area contributed by atoms with Crippen molar-refractivity contribution in [2.75, 3.05) is 19.5 Å². The molecule has 1 N–H and O–H groups in total. The lowest BCUT2D eigenvalue weighted by atomic mass is 10.2. The summed E-state index contributed by atoms with van der Waals surface area (Å²) >= 11 is 0. The summed E-state index contributed by atoms with van der Waals surface area (Å²) in [6.07, 6.45) is 0.220. The van der Waals surface area contributed by atoms with Gasteiger partial charge in [-0.3, -0.25) is 4.79 Å². The summed E-state index contributed by atoms with van der Waals surface area (Å²) in [6.45, 7) is 1.36. The monoisotopic (exact) mass is 382 g/mol. The third-order valence-electron chi connectivity index (χ3n) is 3.49. The molecule has 0 radical (unpaired) electrons. The van der Waals surface area contributed by atoms with Crippen LogP contribution in [0.3, 0.4) is 0 Å². The van der Waals surface area contributed by atoms with Gasteiger partial charge in [0.05, 0.1) is 26.1 Å². The molecule has 0 saturated carbocycles. The number of oxime groups is 1. The molecule has 6 nitrogen and oxygen atoms in total. The molecule has 0 aliphatic carbocycles. The number of nitrogens with one attached hydrogen (secondary N) is 1. The van der Waals surface area contributed by atoms with E-state index in [1.165, 1.54) is 27.4 Å². The number of hydrogen-bond donors (Lipinski definition) is 1. The van der Waals surface area contributed by atoms with E-state index < -0.39 is 35.2 Å². The van der Waals surface area contributed by atoms with Crippen molar-refractivity contribution < 1.29 is 32.3 Å². The number of anilines is 1. The standard InChI is InChI=1S/C18H17F3N2O4/c1-10(18(24)23-13-6-5-12(19)16(20)17(13)21)27-22-9-11-4-7-14(25-2)15(8-11)26-3/h4-10H,1-3H3,(H,23,24)/b22-9+. The average Bonchev–Trinajstić information content (AvgIpc) is 2.68. The first-order valence-corrected chi connectivity index (χ1v) is 7.73. The second-order valence-corrected chi connectivity index (χ2v) is 5.31. The van der Waals surface area contributed by atoms with Crippen LogP contribution in [0.25, 0.3) is 0 Å². The van der Waals surface area contributed by atoms with E-state index in [0.29, 0.717) is 23.1 Å². The fourth-order valence-electron chi connectivity index (χ4n) is 2.02. The predicted molar refractivity (Wildman–Crippen MR) is 92.6 cm³/mol. The van der Waals surface area contributed by atoms with Crippen LogP contribution in [0.15, 0.2) is 35.5 Å². The van der Waals surface area contributed by atoms with Crippen molar-refractivity contribution in [3.8, 4) is 11.5 Å². The summed E-state index contributed by atoms with van der Waals surface area (Å²) in [5.41, 5.74) is 0.116. The topological polar surface area (TPSA) is 69.2 Å². The molecule has 0 aromatic heterocycles. The quantitative estimate of drug-likeness (QED) is 0.452. The Balaban J connectivity index is 1.99. The molecule has 0 aliphatic heterocycles. The molecule has 0 bridgehead atoms. The van der Waals surface area contributed by atoms with E-state index >= 15 is 0 Å². The highest BCUT2D eigenvalue weighted by Crippen LogP contribution is 2.27. The average molecular weight is 382 g/mol. The van der Waals surface area contributed by atoms with Gasteiger partial charge in [0.25, 0.3) is 5.91 Å². The number of nitrogens with zero attached hydrogens (tertiary/aromatic N) is 1. The predicted octanol–water partition coefficient (Wildman–Crippen LogP) is 3.50. The first kappa shape index (κ1) is 20.1. The largest absolute Gasteiger partial charge is 0.493 e. The molecule has 1 unspecified atom stereocenters. The first-order chi connectivity index (χ1) is 12.9.